The number of aryl methyl sites for hydroxylation is 1. The summed E-state index contributed by atoms with van der Waals surface area (Å²) in [5.41, 5.74) is 1.55. The van der Waals surface area contributed by atoms with Crippen LogP contribution in [-0.2, 0) is 21.4 Å². The van der Waals surface area contributed by atoms with Gasteiger partial charge in [0.1, 0.15) is 5.78 Å². The van der Waals surface area contributed by atoms with Crippen molar-refractivity contribution >= 4 is 38.6 Å². The summed E-state index contributed by atoms with van der Waals surface area (Å²) in [6.07, 6.45) is 2.91. The van der Waals surface area contributed by atoms with Crippen molar-refractivity contribution in [1.29, 1.82) is 0 Å². The van der Waals surface area contributed by atoms with Gasteiger partial charge in [0.25, 0.3) is 0 Å². The van der Waals surface area contributed by atoms with Crippen LogP contribution in [0.3, 0.4) is 0 Å². The van der Waals surface area contributed by atoms with Gasteiger partial charge in [-0.1, -0.05) is 18.2 Å². The highest BCUT2D eigenvalue weighted by molar-refractivity contribution is 8.00. The smallest absolute Gasteiger partial charge is 0.243 e. The van der Waals surface area contributed by atoms with Crippen LogP contribution in [0.15, 0.2) is 28.3 Å². The van der Waals surface area contributed by atoms with Gasteiger partial charge in [0.05, 0.1) is 21.2 Å². The van der Waals surface area contributed by atoms with Crippen molar-refractivity contribution in [2.45, 2.75) is 61.9 Å². The summed E-state index contributed by atoms with van der Waals surface area (Å²) >= 11 is 1.41. The third-order valence-electron chi connectivity index (χ3n) is 4.81. The second-order valence-electron chi connectivity index (χ2n) is 6.62. The lowest BCUT2D eigenvalue weighted by molar-refractivity contribution is -0.116. The standard InChI is InChI=1S/C18H25N3O3S2/c1-4-21-17-9-8-15(26(23,24)20-10-6-5-7-11-20)12-16(17)19-18(21)25-14(3)13(2)22/h8-9,12,14H,4-7,10-11H2,1-3H3. The third kappa shape index (κ3) is 3.68. The number of fused-ring (bicyclic) bond motifs is 1. The highest BCUT2D eigenvalue weighted by atomic mass is 32.2. The van der Waals surface area contributed by atoms with E-state index in [4.69, 9.17) is 0 Å². The van der Waals surface area contributed by atoms with Gasteiger partial charge in [-0.15, -0.1) is 0 Å². The fourth-order valence-corrected chi connectivity index (χ4v) is 5.66. The van der Waals surface area contributed by atoms with Crippen LogP contribution in [0.4, 0.5) is 0 Å². The first-order chi connectivity index (χ1) is 12.3. The van der Waals surface area contributed by atoms with Crippen LogP contribution >= 0.6 is 11.8 Å². The number of Topliss-reactive ketones (excluding diaryl/α,β-unsaturated/α-hetero) is 1. The van der Waals surface area contributed by atoms with E-state index in [1.165, 1.54) is 11.8 Å². The Morgan fingerprint density at radius 2 is 1.96 bits per heavy atom. The molecule has 1 atom stereocenters. The zero-order valence-corrected chi connectivity index (χ0v) is 17.1. The molecule has 1 unspecified atom stereocenters. The first-order valence-electron chi connectivity index (χ1n) is 9.02. The summed E-state index contributed by atoms with van der Waals surface area (Å²) in [5, 5.41) is 0.561. The van der Waals surface area contributed by atoms with E-state index in [1.807, 2.05) is 24.5 Å². The van der Waals surface area contributed by atoms with Gasteiger partial charge in [0.15, 0.2) is 5.16 Å². The lowest BCUT2D eigenvalue weighted by Gasteiger charge is -2.25. The van der Waals surface area contributed by atoms with Gasteiger partial charge >= 0.3 is 0 Å². The van der Waals surface area contributed by atoms with Gasteiger partial charge in [-0.2, -0.15) is 4.31 Å². The van der Waals surface area contributed by atoms with Crippen molar-refractivity contribution in [3.63, 3.8) is 0 Å². The maximum absolute atomic E-state index is 12.9. The van der Waals surface area contributed by atoms with E-state index in [0.29, 0.717) is 30.0 Å². The number of hydrogen-bond acceptors (Lipinski definition) is 5. The summed E-state index contributed by atoms with van der Waals surface area (Å²) in [5.74, 6) is 0.0954. The molecule has 142 valence electrons. The number of aromatic nitrogens is 2. The Kier molecular flexibility index (Phi) is 5.74. The number of carbonyl (C=O) groups is 1. The quantitative estimate of drug-likeness (QED) is 0.702. The summed E-state index contributed by atoms with van der Waals surface area (Å²) < 4.78 is 29.4. The van der Waals surface area contributed by atoms with E-state index in [9.17, 15) is 13.2 Å². The predicted octanol–water partition coefficient (Wildman–Crippen LogP) is 3.30. The molecule has 1 saturated heterocycles. The normalized spacial score (nSPS) is 17.5. The Bertz CT molecular complexity index is 915. The van der Waals surface area contributed by atoms with E-state index < -0.39 is 10.0 Å². The second kappa shape index (κ2) is 7.70. The highest BCUT2D eigenvalue weighted by Crippen LogP contribution is 2.30. The summed E-state index contributed by atoms with van der Waals surface area (Å²) in [6, 6.07) is 5.15. The molecule has 2 aromatic rings. The van der Waals surface area contributed by atoms with Crippen LogP contribution in [0, 0.1) is 0 Å². The van der Waals surface area contributed by atoms with Crippen LogP contribution in [0.1, 0.15) is 40.0 Å². The molecule has 0 radical (unpaired) electrons. The van der Waals surface area contributed by atoms with Crippen LogP contribution in [0.2, 0.25) is 0 Å². The van der Waals surface area contributed by atoms with Crippen LogP contribution in [0.5, 0.6) is 0 Å². The van der Waals surface area contributed by atoms with Crippen LogP contribution in [-0.4, -0.2) is 46.4 Å². The van der Waals surface area contributed by atoms with Crippen LogP contribution < -0.4 is 0 Å². The molecule has 1 fully saturated rings. The van der Waals surface area contributed by atoms with E-state index in [2.05, 4.69) is 4.98 Å². The number of carbonyl (C=O) groups excluding carboxylic acids is 1. The van der Waals surface area contributed by atoms with Crippen molar-refractivity contribution < 1.29 is 13.2 Å². The molecule has 0 N–H and O–H groups in total. The summed E-state index contributed by atoms with van der Waals surface area (Å²) in [7, 11) is -3.48. The molecule has 0 amide bonds. The number of hydrogen-bond donors (Lipinski definition) is 0. The van der Waals surface area contributed by atoms with Gasteiger partial charge in [0, 0.05) is 19.6 Å². The second-order valence-corrected chi connectivity index (χ2v) is 9.87. The molecule has 0 bridgehead atoms. The number of thioether (sulfide) groups is 1. The number of ketones is 1. The van der Waals surface area contributed by atoms with E-state index in [0.717, 1.165) is 29.9 Å². The highest BCUT2D eigenvalue weighted by Gasteiger charge is 2.27. The number of nitrogens with zero attached hydrogens (tertiary/aromatic N) is 3. The molecule has 26 heavy (non-hydrogen) atoms. The van der Waals surface area contributed by atoms with Gasteiger partial charge in [-0.3, -0.25) is 4.79 Å². The number of rotatable bonds is 6. The average molecular weight is 396 g/mol. The zero-order chi connectivity index (χ0) is 18.9. The monoisotopic (exact) mass is 395 g/mol. The lowest BCUT2D eigenvalue weighted by Crippen LogP contribution is -2.35. The molecule has 6 nitrogen and oxygen atoms in total. The first kappa shape index (κ1) is 19.4. The van der Waals surface area contributed by atoms with Crippen molar-refractivity contribution in [3.05, 3.63) is 18.2 Å². The number of sulfonamides is 1. The SMILES string of the molecule is CCn1c(SC(C)C(C)=O)nc2cc(S(=O)(=O)N3CCCCC3)ccc21. The maximum Gasteiger partial charge on any atom is 0.243 e. The average Bonchev–Trinajstić information content (AvgIpc) is 2.98. The molecule has 3 rings (SSSR count). The number of benzene rings is 1. The summed E-state index contributed by atoms with van der Waals surface area (Å²) in [4.78, 5) is 16.5. The predicted molar refractivity (Wildman–Crippen MR) is 104 cm³/mol. The molecule has 0 aliphatic carbocycles. The molecule has 1 aromatic carbocycles. The molecule has 1 aliphatic rings. The minimum atomic E-state index is -3.48. The molecular weight excluding hydrogens is 370 g/mol. The van der Waals surface area contributed by atoms with Crippen molar-refractivity contribution in [2.75, 3.05) is 13.1 Å². The molecule has 8 heteroatoms. The fourth-order valence-electron chi connectivity index (χ4n) is 3.14. The zero-order valence-electron chi connectivity index (χ0n) is 15.4. The lowest BCUT2D eigenvalue weighted by atomic mass is 10.2. The molecule has 1 aromatic heterocycles. The van der Waals surface area contributed by atoms with Gasteiger partial charge < -0.3 is 4.57 Å². The first-order valence-corrected chi connectivity index (χ1v) is 11.3. The van der Waals surface area contributed by atoms with Crippen LogP contribution in [0.25, 0.3) is 11.0 Å². The van der Waals surface area contributed by atoms with E-state index in [1.54, 1.807) is 23.4 Å². The molecular formula is C18H25N3O3S2. The Morgan fingerprint density at radius 1 is 1.27 bits per heavy atom. The fraction of sp³-hybridized carbons (Fsp3) is 0.556. The van der Waals surface area contributed by atoms with E-state index in [-0.39, 0.29) is 11.0 Å². The van der Waals surface area contributed by atoms with E-state index >= 15 is 0 Å². The van der Waals surface area contributed by atoms with Crippen molar-refractivity contribution in [1.82, 2.24) is 13.9 Å². The molecule has 0 saturated carbocycles. The number of piperidine rings is 1. The Hall–Kier alpha value is -1.38. The Balaban J connectivity index is 1.99. The van der Waals surface area contributed by atoms with Gasteiger partial charge in [-0.25, -0.2) is 13.4 Å². The van der Waals surface area contributed by atoms with Gasteiger partial charge in [0.2, 0.25) is 10.0 Å². The Labute approximate surface area is 159 Å². The molecule has 2 heterocycles. The van der Waals surface area contributed by atoms with Gasteiger partial charge in [-0.05, 0) is 51.8 Å². The minimum Gasteiger partial charge on any atom is -0.319 e. The third-order valence-corrected chi connectivity index (χ3v) is 7.91. The van der Waals surface area contributed by atoms with Crippen molar-refractivity contribution in [3.8, 4) is 0 Å². The maximum atomic E-state index is 12.9. The number of imidazole rings is 1. The largest absolute Gasteiger partial charge is 0.319 e. The summed E-state index contributed by atoms with van der Waals surface area (Å²) in [6.45, 7) is 7.32. The topological polar surface area (TPSA) is 72.3 Å². The molecule has 1 aliphatic heterocycles. The Morgan fingerprint density at radius 3 is 2.58 bits per heavy atom. The molecule has 0 spiro atoms. The minimum absolute atomic E-state index is 0.0954. The van der Waals surface area contributed by atoms with Crippen molar-refractivity contribution in [2.24, 2.45) is 0 Å².